The number of ketones is 1. The summed E-state index contributed by atoms with van der Waals surface area (Å²) in [5.74, 6) is 0.275. The van der Waals surface area contributed by atoms with Crippen molar-refractivity contribution in [1.82, 2.24) is 5.32 Å². The summed E-state index contributed by atoms with van der Waals surface area (Å²) < 4.78 is 0. The average Bonchev–Trinajstić information content (AvgIpc) is 2.31. The second-order valence-electron chi connectivity index (χ2n) is 4.59. The molecule has 1 aliphatic rings. The van der Waals surface area contributed by atoms with Gasteiger partial charge in [-0.2, -0.15) is 0 Å². The van der Waals surface area contributed by atoms with Crippen LogP contribution in [-0.2, 0) is 0 Å². The van der Waals surface area contributed by atoms with E-state index in [0.717, 1.165) is 24.1 Å². The molecule has 0 radical (unpaired) electrons. The Balaban J connectivity index is 2.00. The van der Waals surface area contributed by atoms with Gasteiger partial charge in [0.25, 0.3) is 0 Å². The Morgan fingerprint density at radius 2 is 2.19 bits per heavy atom. The summed E-state index contributed by atoms with van der Waals surface area (Å²) in [6.07, 6.45) is 4.27. The number of hydrogen-bond donors (Lipinski definition) is 1. The maximum absolute atomic E-state index is 12.1. The molecule has 1 N–H and O–H groups in total. The lowest BCUT2D eigenvalue weighted by Crippen LogP contribution is -2.35. The molecular formula is C14H19NO. The van der Waals surface area contributed by atoms with Gasteiger partial charge >= 0.3 is 0 Å². The van der Waals surface area contributed by atoms with E-state index in [9.17, 15) is 4.79 Å². The first-order chi connectivity index (χ1) is 7.77. The largest absolute Gasteiger partial charge is 0.314 e. The van der Waals surface area contributed by atoms with Crippen LogP contribution in [0.1, 0.15) is 41.6 Å². The summed E-state index contributed by atoms with van der Waals surface area (Å²) in [6, 6.07) is 8.24. The molecule has 1 aromatic carbocycles. The number of carbonyl (C=O) groups excluding carboxylic acids is 1. The first kappa shape index (κ1) is 11.3. The van der Waals surface area contributed by atoms with E-state index in [1.807, 2.05) is 31.2 Å². The molecule has 1 fully saturated rings. The second kappa shape index (κ2) is 5.26. The summed E-state index contributed by atoms with van der Waals surface area (Å²) in [5.41, 5.74) is 1.97. The van der Waals surface area contributed by atoms with Crippen molar-refractivity contribution in [3.63, 3.8) is 0 Å². The van der Waals surface area contributed by atoms with Crippen LogP contribution in [0.4, 0.5) is 0 Å². The molecule has 0 bridgehead atoms. The van der Waals surface area contributed by atoms with Crippen LogP contribution in [0.3, 0.4) is 0 Å². The van der Waals surface area contributed by atoms with Gasteiger partial charge in [-0.15, -0.1) is 0 Å². The fraction of sp³-hybridized carbons (Fsp3) is 0.500. The van der Waals surface area contributed by atoms with Crippen LogP contribution in [0.25, 0.3) is 0 Å². The number of Topliss-reactive ketones (excluding diaryl/α,β-unsaturated/α-hetero) is 1. The van der Waals surface area contributed by atoms with Gasteiger partial charge in [0.2, 0.25) is 0 Å². The first-order valence-corrected chi connectivity index (χ1v) is 6.09. The summed E-state index contributed by atoms with van der Waals surface area (Å²) in [7, 11) is 0. The number of nitrogens with one attached hydrogen (secondary N) is 1. The molecule has 1 aromatic rings. The Labute approximate surface area is 97.1 Å². The van der Waals surface area contributed by atoms with Gasteiger partial charge in [-0.05, 0) is 31.9 Å². The molecule has 0 spiro atoms. The predicted molar refractivity (Wildman–Crippen MR) is 65.8 cm³/mol. The molecule has 0 amide bonds. The zero-order chi connectivity index (χ0) is 11.4. The van der Waals surface area contributed by atoms with Crippen molar-refractivity contribution in [3.8, 4) is 0 Å². The lowest BCUT2D eigenvalue weighted by Gasteiger charge is -2.22. The molecule has 0 aromatic heterocycles. The van der Waals surface area contributed by atoms with Gasteiger partial charge in [0.1, 0.15) is 0 Å². The van der Waals surface area contributed by atoms with Gasteiger partial charge in [-0.3, -0.25) is 4.79 Å². The molecule has 1 unspecified atom stereocenters. The third-order valence-electron chi connectivity index (χ3n) is 3.29. The van der Waals surface area contributed by atoms with Crippen LogP contribution in [0.5, 0.6) is 0 Å². The quantitative estimate of drug-likeness (QED) is 0.789. The summed E-state index contributed by atoms with van der Waals surface area (Å²) >= 11 is 0. The smallest absolute Gasteiger partial charge is 0.164 e. The number of piperidine rings is 1. The average molecular weight is 217 g/mol. The number of hydrogen-bond acceptors (Lipinski definition) is 2. The predicted octanol–water partition coefficient (Wildman–Crippen LogP) is 2.71. The van der Waals surface area contributed by atoms with Gasteiger partial charge in [0.05, 0.1) is 0 Å². The lowest BCUT2D eigenvalue weighted by atomic mass is 9.95. The summed E-state index contributed by atoms with van der Waals surface area (Å²) in [6.45, 7) is 3.06. The van der Waals surface area contributed by atoms with Crippen LogP contribution in [0.15, 0.2) is 24.3 Å². The van der Waals surface area contributed by atoms with Crippen LogP contribution in [0, 0.1) is 6.92 Å². The fourth-order valence-electron chi connectivity index (χ4n) is 2.32. The van der Waals surface area contributed by atoms with Crippen molar-refractivity contribution >= 4 is 5.78 Å². The number of carbonyl (C=O) groups is 1. The van der Waals surface area contributed by atoms with E-state index in [4.69, 9.17) is 0 Å². The second-order valence-corrected chi connectivity index (χ2v) is 4.59. The van der Waals surface area contributed by atoms with E-state index in [1.165, 1.54) is 12.8 Å². The summed E-state index contributed by atoms with van der Waals surface area (Å²) in [4.78, 5) is 12.1. The zero-order valence-corrected chi connectivity index (χ0v) is 9.83. The van der Waals surface area contributed by atoms with Crippen LogP contribution >= 0.6 is 0 Å². The minimum atomic E-state index is 0.275. The van der Waals surface area contributed by atoms with Crippen molar-refractivity contribution in [2.75, 3.05) is 6.54 Å². The Kier molecular flexibility index (Phi) is 3.73. The van der Waals surface area contributed by atoms with E-state index < -0.39 is 0 Å². The van der Waals surface area contributed by atoms with E-state index in [1.54, 1.807) is 0 Å². The standard InChI is InChI=1S/C14H19NO/c1-11-6-2-3-8-13(11)14(16)10-12-7-4-5-9-15-12/h2-3,6,8,12,15H,4-5,7,9-10H2,1H3. The first-order valence-electron chi connectivity index (χ1n) is 6.09. The molecule has 1 atom stereocenters. The highest BCUT2D eigenvalue weighted by Crippen LogP contribution is 2.15. The molecule has 1 saturated heterocycles. The molecule has 2 nitrogen and oxygen atoms in total. The Morgan fingerprint density at radius 1 is 1.38 bits per heavy atom. The Morgan fingerprint density at radius 3 is 2.88 bits per heavy atom. The van der Waals surface area contributed by atoms with E-state index in [2.05, 4.69) is 5.32 Å². The Bertz CT molecular complexity index is 367. The van der Waals surface area contributed by atoms with Gasteiger partial charge in [-0.1, -0.05) is 30.7 Å². The number of benzene rings is 1. The molecule has 0 saturated carbocycles. The normalized spacial score (nSPS) is 20.7. The highest BCUT2D eigenvalue weighted by molar-refractivity contribution is 5.97. The molecule has 0 aliphatic carbocycles. The molecule has 1 aliphatic heterocycles. The molecule has 86 valence electrons. The van der Waals surface area contributed by atoms with Crippen molar-refractivity contribution in [2.24, 2.45) is 0 Å². The molecule has 2 heteroatoms. The van der Waals surface area contributed by atoms with Gasteiger partial charge in [-0.25, -0.2) is 0 Å². The molecule has 16 heavy (non-hydrogen) atoms. The Hall–Kier alpha value is -1.15. The monoisotopic (exact) mass is 217 g/mol. The fourth-order valence-corrected chi connectivity index (χ4v) is 2.32. The SMILES string of the molecule is Cc1ccccc1C(=O)CC1CCCCN1. The van der Waals surface area contributed by atoms with E-state index in [-0.39, 0.29) is 5.78 Å². The third-order valence-corrected chi connectivity index (χ3v) is 3.29. The molecule has 2 rings (SSSR count). The summed E-state index contributed by atoms with van der Waals surface area (Å²) in [5, 5.41) is 3.42. The minimum absolute atomic E-state index is 0.275. The maximum atomic E-state index is 12.1. The highest BCUT2D eigenvalue weighted by atomic mass is 16.1. The highest BCUT2D eigenvalue weighted by Gasteiger charge is 2.17. The lowest BCUT2D eigenvalue weighted by molar-refractivity contribution is 0.0963. The topological polar surface area (TPSA) is 29.1 Å². The van der Waals surface area contributed by atoms with E-state index in [0.29, 0.717) is 12.5 Å². The number of rotatable bonds is 3. The number of aryl methyl sites for hydroxylation is 1. The van der Waals surface area contributed by atoms with Gasteiger partial charge in [0.15, 0.2) is 5.78 Å². The maximum Gasteiger partial charge on any atom is 0.164 e. The third kappa shape index (κ3) is 2.70. The van der Waals surface area contributed by atoms with E-state index >= 15 is 0 Å². The minimum Gasteiger partial charge on any atom is -0.314 e. The van der Waals surface area contributed by atoms with Crippen molar-refractivity contribution in [3.05, 3.63) is 35.4 Å². The van der Waals surface area contributed by atoms with Crippen molar-refractivity contribution in [2.45, 2.75) is 38.6 Å². The molecular weight excluding hydrogens is 198 g/mol. The van der Waals surface area contributed by atoms with Crippen LogP contribution in [0.2, 0.25) is 0 Å². The van der Waals surface area contributed by atoms with Crippen molar-refractivity contribution < 1.29 is 4.79 Å². The van der Waals surface area contributed by atoms with Gasteiger partial charge in [0, 0.05) is 18.0 Å². The van der Waals surface area contributed by atoms with Crippen molar-refractivity contribution in [1.29, 1.82) is 0 Å². The van der Waals surface area contributed by atoms with Crippen LogP contribution < -0.4 is 5.32 Å². The zero-order valence-electron chi connectivity index (χ0n) is 9.83. The molecule has 1 heterocycles. The van der Waals surface area contributed by atoms with Crippen LogP contribution in [-0.4, -0.2) is 18.4 Å². The van der Waals surface area contributed by atoms with Gasteiger partial charge < -0.3 is 5.32 Å².